The van der Waals surface area contributed by atoms with E-state index in [1.807, 2.05) is 13.0 Å². The highest BCUT2D eigenvalue weighted by Crippen LogP contribution is 2.37. The van der Waals surface area contributed by atoms with Gasteiger partial charge in [0.25, 0.3) is 0 Å². The van der Waals surface area contributed by atoms with Crippen LogP contribution in [-0.2, 0) is 6.42 Å². The second-order valence-electron chi connectivity index (χ2n) is 5.80. The highest BCUT2D eigenvalue weighted by molar-refractivity contribution is 5.96. The Morgan fingerprint density at radius 3 is 2.71 bits per heavy atom. The van der Waals surface area contributed by atoms with Gasteiger partial charge in [0.2, 0.25) is 0 Å². The molecule has 0 saturated carbocycles. The van der Waals surface area contributed by atoms with Gasteiger partial charge in [-0.05, 0) is 62.1 Å². The lowest BCUT2D eigenvalue weighted by molar-refractivity contribution is 0.618. The molecule has 0 spiro atoms. The number of anilines is 2. The minimum atomic E-state index is 0.131. The summed E-state index contributed by atoms with van der Waals surface area (Å²) in [5.74, 6) is 0.131. The molecular weight excluding hydrogens is 258 g/mol. The third-order valence-electron chi connectivity index (χ3n) is 4.30. The van der Waals surface area contributed by atoms with Crippen LogP contribution in [0.3, 0.4) is 0 Å². The molecule has 0 bridgehead atoms. The summed E-state index contributed by atoms with van der Waals surface area (Å²) in [4.78, 5) is 2.40. The number of nitrogens with one attached hydrogen (secondary N) is 1. The van der Waals surface area contributed by atoms with E-state index in [2.05, 4.69) is 48.2 Å². The summed E-state index contributed by atoms with van der Waals surface area (Å²) in [6.07, 6.45) is 2.29. The van der Waals surface area contributed by atoms with Gasteiger partial charge in [0, 0.05) is 23.0 Å². The molecule has 1 atom stereocenters. The maximum atomic E-state index is 7.61. The molecule has 0 saturated heterocycles. The van der Waals surface area contributed by atoms with Crippen LogP contribution in [0.25, 0.3) is 0 Å². The van der Waals surface area contributed by atoms with Gasteiger partial charge in [0.05, 0.1) is 0 Å². The predicted octanol–water partition coefficient (Wildman–Crippen LogP) is 3.75. The molecule has 2 aromatic rings. The largest absolute Gasteiger partial charge is 0.384 e. The molecule has 1 heterocycles. The van der Waals surface area contributed by atoms with Crippen molar-refractivity contribution in [2.24, 2.45) is 5.73 Å². The van der Waals surface area contributed by atoms with Crippen molar-refractivity contribution in [1.29, 1.82) is 5.41 Å². The summed E-state index contributed by atoms with van der Waals surface area (Å²) in [5.41, 5.74) is 11.4. The number of nitrogens with zero attached hydrogens (tertiary/aromatic N) is 1. The number of hydrogen-bond donors (Lipinski definition) is 2. The fraction of sp³-hybridized carbons (Fsp3) is 0.278. The van der Waals surface area contributed by atoms with Crippen molar-refractivity contribution in [1.82, 2.24) is 0 Å². The summed E-state index contributed by atoms with van der Waals surface area (Å²) in [5, 5.41) is 7.61. The highest BCUT2D eigenvalue weighted by Gasteiger charge is 2.24. The van der Waals surface area contributed by atoms with E-state index in [-0.39, 0.29) is 5.84 Å². The van der Waals surface area contributed by atoms with Crippen molar-refractivity contribution in [3.8, 4) is 0 Å². The number of benzene rings is 2. The average molecular weight is 279 g/mol. The quantitative estimate of drug-likeness (QED) is 0.649. The molecule has 2 aromatic carbocycles. The Morgan fingerprint density at radius 2 is 2.00 bits per heavy atom. The molecule has 1 aliphatic heterocycles. The smallest absolute Gasteiger partial charge is 0.123 e. The van der Waals surface area contributed by atoms with Crippen molar-refractivity contribution < 1.29 is 0 Å². The summed E-state index contributed by atoms with van der Waals surface area (Å²) in [6.45, 7) is 4.28. The number of nitrogen functional groups attached to an aromatic ring is 1. The molecule has 3 nitrogen and oxygen atoms in total. The van der Waals surface area contributed by atoms with Gasteiger partial charge in [-0.1, -0.05) is 18.2 Å². The van der Waals surface area contributed by atoms with Crippen LogP contribution in [0.4, 0.5) is 11.4 Å². The van der Waals surface area contributed by atoms with Gasteiger partial charge in [0.15, 0.2) is 0 Å². The van der Waals surface area contributed by atoms with E-state index in [1.165, 1.54) is 16.9 Å². The first-order valence-corrected chi connectivity index (χ1v) is 7.40. The predicted molar refractivity (Wildman–Crippen MR) is 88.6 cm³/mol. The van der Waals surface area contributed by atoms with Gasteiger partial charge in [0.1, 0.15) is 5.84 Å². The topological polar surface area (TPSA) is 53.1 Å². The molecule has 1 unspecified atom stereocenters. The zero-order valence-electron chi connectivity index (χ0n) is 12.6. The molecule has 1 aliphatic rings. The van der Waals surface area contributed by atoms with Gasteiger partial charge in [-0.15, -0.1) is 0 Å². The number of para-hydroxylation sites is 1. The summed E-state index contributed by atoms with van der Waals surface area (Å²) in [6, 6.07) is 15.2. The molecule has 3 rings (SSSR count). The maximum Gasteiger partial charge on any atom is 0.123 e. The fourth-order valence-electron chi connectivity index (χ4n) is 3.18. The third-order valence-corrected chi connectivity index (χ3v) is 4.30. The summed E-state index contributed by atoms with van der Waals surface area (Å²) >= 11 is 0. The zero-order valence-corrected chi connectivity index (χ0v) is 12.6. The van der Waals surface area contributed by atoms with E-state index in [0.29, 0.717) is 6.04 Å². The van der Waals surface area contributed by atoms with E-state index in [9.17, 15) is 0 Å². The van der Waals surface area contributed by atoms with Gasteiger partial charge in [-0.25, -0.2) is 0 Å². The van der Waals surface area contributed by atoms with Crippen LogP contribution in [0, 0.1) is 12.3 Å². The summed E-state index contributed by atoms with van der Waals surface area (Å²) in [7, 11) is 0. The first-order chi connectivity index (χ1) is 10.1. The number of hydrogen-bond acceptors (Lipinski definition) is 2. The van der Waals surface area contributed by atoms with Crippen LogP contribution in [0.1, 0.15) is 30.0 Å². The lowest BCUT2D eigenvalue weighted by Crippen LogP contribution is -2.33. The van der Waals surface area contributed by atoms with Gasteiger partial charge in [-0.3, -0.25) is 5.41 Å². The molecule has 3 heteroatoms. The normalized spacial score (nSPS) is 17.4. The number of aryl methyl sites for hydroxylation is 2. The molecule has 0 fully saturated rings. The first-order valence-electron chi connectivity index (χ1n) is 7.40. The Labute approximate surface area is 125 Å². The molecule has 3 N–H and O–H groups in total. The van der Waals surface area contributed by atoms with Gasteiger partial charge in [-0.2, -0.15) is 0 Å². The number of rotatable bonds is 2. The van der Waals surface area contributed by atoms with E-state index in [1.54, 1.807) is 0 Å². The van der Waals surface area contributed by atoms with Crippen molar-refractivity contribution in [2.45, 2.75) is 32.7 Å². The maximum absolute atomic E-state index is 7.61. The Balaban J connectivity index is 2.07. The van der Waals surface area contributed by atoms with Gasteiger partial charge >= 0.3 is 0 Å². The average Bonchev–Trinajstić information content (AvgIpc) is 2.46. The van der Waals surface area contributed by atoms with Crippen LogP contribution in [-0.4, -0.2) is 11.9 Å². The first kappa shape index (κ1) is 13.7. The number of nitrogens with two attached hydrogens (primary N) is 1. The molecule has 108 valence electrons. The van der Waals surface area contributed by atoms with E-state index in [0.717, 1.165) is 24.0 Å². The highest BCUT2D eigenvalue weighted by atomic mass is 15.2. The van der Waals surface area contributed by atoms with Crippen LogP contribution >= 0.6 is 0 Å². The van der Waals surface area contributed by atoms with Crippen molar-refractivity contribution in [3.63, 3.8) is 0 Å². The lowest BCUT2D eigenvalue weighted by atomic mass is 9.95. The molecule has 0 amide bonds. The van der Waals surface area contributed by atoms with Crippen LogP contribution < -0.4 is 10.6 Å². The monoisotopic (exact) mass is 279 g/mol. The summed E-state index contributed by atoms with van der Waals surface area (Å²) < 4.78 is 0. The molecule has 21 heavy (non-hydrogen) atoms. The van der Waals surface area contributed by atoms with Crippen LogP contribution in [0.5, 0.6) is 0 Å². The second-order valence-corrected chi connectivity index (χ2v) is 5.80. The Kier molecular flexibility index (Phi) is 3.42. The molecule has 0 radical (unpaired) electrons. The minimum absolute atomic E-state index is 0.131. The molecular formula is C18H21N3. The van der Waals surface area contributed by atoms with Crippen molar-refractivity contribution in [2.75, 3.05) is 4.90 Å². The fourth-order valence-corrected chi connectivity index (χ4v) is 3.18. The molecule has 0 aliphatic carbocycles. The van der Waals surface area contributed by atoms with Crippen molar-refractivity contribution in [3.05, 3.63) is 59.2 Å². The van der Waals surface area contributed by atoms with Crippen LogP contribution in [0.15, 0.2) is 42.5 Å². The Morgan fingerprint density at radius 1 is 1.24 bits per heavy atom. The SMILES string of the molecule is Cc1cc(N2c3ccccc3CCC2C)ccc1C(=N)N. The third kappa shape index (κ3) is 2.40. The second kappa shape index (κ2) is 5.24. The van der Waals surface area contributed by atoms with E-state index < -0.39 is 0 Å². The Bertz CT molecular complexity index is 691. The van der Waals surface area contributed by atoms with E-state index >= 15 is 0 Å². The molecule has 0 aromatic heterocycles. The number of fused-ring (bicyclic) bond motifs is 1. The zero-order chi connectivity index (χ0) is 15.0. The van der Waals surface area contributed by atoms with E-state index in [4.69, 9.17) is 11.1 Å². The lowest BCUT2D eigenvalue weighted by Gasteiger charge is -2.37. The standard InChI is InChI=1S/C18H21N3/c1-12-11-15(9-10-16(12)18(19)20)21-13(2)7-8-14-5-3-4-6-17(14)21/h3-6,9-11,13H,7-8H2,1-2H3,(H3,19,20). The minimum Gasteiger partial charge on any atom is -0.384 e. The Hall–Kier alpha value is -2.29. The van der Waals surface area contributed by atoms with Crippen molar-refractivity contribution >= 4 is 17.2 Å². The van der Waals surface area contributed by atoms with Crippen LogP contribution in [0.2, 0.25) is 0 Å². The van der Waals surface area contributed by atoms with Gasteiger partial charge < -0.3 is 10.6 Å². The number of amidine groups is 1.